The summed E-state index contributed by atoms with van der Waals surface area (Å²) in [7, 11) is 1.83. The molecule has 21 heavy (non-hydrogen) atoms. The molecular weight excluding hydrogens is 282 g/mol. The number of carbonyl (C=O) groups is 1. The number of carbonyl (C=O) groups excluding carboxylic acids is 1. The number of amides is 1. The van der Waals surface area contributed by atoms with Crippen molar-refractivity contribution >= 4 is 17.7 Å². The van der Waals surface area contributed by atoms with Gasteiger partial charge in [0.25, 0.3) is 0 Å². The van der Waals surface area contributed by atoms with E-state index in [4.69, 9.17) is 0 Å². The molecule has 1 aromatic rings. The topological polar surface area (TPSA) is 40.5 Å². The van der Waals surface area contributed by atoms with Gasteiger partial charge in [-0.1, -0.05) is 43.2 Å². The van der Waals surface area contributed by atoms with E-state index in [1.807, 2.05) is 25.2 Å². The molecule has 1 fully saturated rings. The van der Waals surface area contributed by atoms with Gasteiger partial charge in [0.2, 0.25) is 5.91 Å². The minimum Gasteiger partial charge on any atom is -0.391 e. The molecule has 1 aliphatic carbocycles. The summed E-state index contributed by atoms with van der Waals surface area (Å²) in [6.45, 7) is 0. The lowest BCUT2D eigenvalue weighted by atomic mass is 9.91. The highest BCUT2D eigenvalue weighted by Crippen LogP contribution is 2.23. The number of hydrogen-bond acceptors (Lipinski definition) is 3. The van der Waals surface area contributed by atoms with Gasteiger partial charge >= 0.3 is 0 Å². The fraction of sp³-hybridized carbons (Fsp3) is 0.588. The highest BCUT2D eigenvalue weighted by Gasteiger charge is 2.28. The van der Waals surface area contributed by atoms with Gasteiger partial charge in [-0.05, 0) is 30.6 Å². The Bertz CT molecular complexity index is 438. The lowest BCUT2D eigenvalue weighted by molar-refractivity contribution is -0.132. The van der Waals surface area contributed by atoms with Crippen molar-refractivity contribution in [3.63, 3.8) is 0 Å². The van der Waals surface area contributed by atoms with E-state index in [2.05, 4.69) is 12.1 Å². The molecule has 0 radical (unpaired) electrons. The molecule has 2 unspecified atom stereocenters. The Labute approximate surface area is 131 Å². The Morgan fingerprint density at radius 1 is 1.29 bits per heavy atom. The van der Waals surface area contributed by atoms with Crippen LogP contribution in [0.2, 0.25) is 0 Å². The van der Waals surface area contributed by atoms with E-state index in [1.165, 1.54) is 5.56 Å². The average molecular weight is 307 g/mol. The van der Waals surface area contributed by atoms with Crippen molar-refractivity contribution in [2.75, 3.05) is 18.6 Å². The third-order valence-corrected chi connectivity index (χ3v) is 5.13. The van der Waals surface area contributed by atoms with Crippen LogP contribution < -0.4 is 0 Å². The molecule has 1 aliphatic rings. The van der Waals surface area contributed by atoms with Gasteiger partial charge in [-0.25, -0.2) is 0 Å². The van der Waals surface area contributed by atoms with Crippen molar-refractivity contribution in [1.82, 2.24) is 4.90 Å². The van der Waals surface area contributed by atoms with Crippen LogP contribution >= 0.6 is 11.8 Å². The van der Waals surface area contributed by atoms with Gasteiger partial charge in [0.15, 0.2) is 0 Å². The predicted octanol–water partition coefficient (Wildman–Crippen LogP) is 2.72. The maximum absolute atomic E-state index is 12.2. The van der Waals surface area contributed by atoms with E-state index in [0.29, 0.717) is 5.75 Å². The smallest absolute Gasteiger partial charge is 0.232 e. The largest absolute Gasteiger partial charge is 0.391 e. The fourth-order valence-electron chi connectivity index (χ4n) is 2.82. The summed E-state index contributed by atoms with van der Waals surface area (Å²) in [5.41, 5.74) is 1.31. The molecule has 0 saturated heterocycles. The normalized spacial score (nSPS) is 22.0. The van der Waals surface area contributed by atoms with Gasteiger partial charge < -0.3 is 10.0 Å². The summed E-state index contributed by atoms with van der Waals surface area (Å²) in [6, 6.07) is 10.4. The zero-order valence-corrected chi connectivity index (χ0v) is 13.5. The average Bonchev–Trinajstić information content (AvgIpc) is 2.52. The first-order valence-corrected chi connectivity index (χ1v) is 8.89. The van der Waals surface area contributed by atoms with Gasteiger partial charge in [0.05, 0.1) is 17.9 Å². The van der Waals surface area contributed by atoms with Crippen LogP contribution in [0.15, 0.2) is 30.3 Å². The highest BCUT2D eigenvalue weighted by atomic mass is 32.2. The molecule has 3 nitrogen and oxygen atoms in total. The number of likely N-dealkylation sites (N-methyl/N-ethyl adjacent to an activating group) is 1. The molecule has 0 aromatic heterocycles. The van der Waals surface area contributed by atoms with Crippen molar-refractivity contribution in [3.05, 3.63) is 35.9 Å². The molecule has 0 aliphatic heterocycles. The molecular formula is C17H25NO2S. The Hall–Kier alpha value is -1.00. The van der Waals surface area contributed by atoms with Crippen molar-refractivity contribution in [3.8, 4) is 0 Å². The van der Waals surface area contributed by atoms with E-state index >= 15 is 0 Å². The maximum atomic E-state index is 12.2. The summed E-state index contributed by atoms with van der Waals surface area (Å²) in [5.74, 6) is 1.60. The van der Waals surface area contributed by atoms with Gasteiger partial charge in [-0.15, -0.1) is 0 Å². The Morgan fingerprint density at radius 2 is 2.00 bits per heavy atom. The van der Waals surface area contributed by atoms with E-state index in [9.17, 15) is 9.90 Å². The molecule has 1 N–H and O–H groups in total. The first-order valence-electron chi connectivity index (χ1n) is 7.74. The van der Waals surface area contributed by atoms with Crippen LogP contribution in [0.25, 0.3) is 0 Å². The van der Waals surface area contributed by atoms with Crippen LogP contribution in [0.1, 0.15) is 31.2 Å². The number of thioether (sulfide) groups is 1. The van der Waals surface area contributed by atoms with E-state index in [1.54, 1.807) is 16.7 Å². The summed E-state index contributed by atoms with van der Waals surface area (Å²) in [5, 5.41) is 10.0. The molecule has 2 rings (SSSR count). The number of aliphatic hydroxyl groups excluding tert-OH is 1. The van der Waals surface area contributed by atoms with Gasteiger partial charge in [0, 0.05) is 7.05 Å². The first-order chi connectivity index (χ1) is 10.2. The molecule has 0 bridgehead atoms. The lowest BCUT2D eigenvalue weighted by Gasteiger charge is -2.35. The molecule has 116 valence electrons. The third-order valence-electron chi connectivity index (χ3n) is 4.19. The van der Waals surface area contributed by atoms with Crippen LogP contribution in [0, 0.1) is 0 Å². The first kappa shape index (κ1) is 16.4. The quantitative estimate of drug-likeness (QED) is 0.822. The Kier molecular flexibility index (Phi) is 6.58. The third kappa shape index (κ3) is 5.04. The molecule has 0 heterocycles. The van der Waals surface area contributed by atoms with E-state index in [0.717, 1.165) is 37.9 Å². The molecule has 4 heteroatoms. The van der Waals surface area contributed by atoms with Crippen molar-refractivity contribution in [2.45, 2.75) is 44.2 Å². The number of aliphatic hydroxyl groups is 1. The zero-order chi connectivity index (χ0) is 15.1. The maximum Gasteiger partial charge on any atom is 0.232 e. The summed E-state index contributed by atoms with van der Waals surface area (Å²) in [4.78, 5) is 14.0. The number of nitrogens with zero attached hydrogens (tertiary/aromatic N) is 1. The van der Waals surface area contributed by atoms with Crippen LogP contribution in [0.5, 0.6) is 0 Å². The standard InChI is InChI=1S/C17H25NO2S/c1-18(15-9-5-6-10-16(15)19)17(20)13-21-12-11-14-7-3-2-4-8-14/h2-4,7-8,15-16,19H,5-6,9-13H2,1H3. The number of aryl methyl sites for hydroxylation is 1. The van der Waals surface area contributed by atoms with Crippen molar-refractivity contribution in [1.29, 1.82) is 0 Å². The highest BCUT2D eigenvalue weighted by molar-refractivity contribution is 7.99. The molecule has 1 amide bonds. The van der Waals surface area contributed by atoms with Crippen LogP contribution in [-0.4, -0.2) is 46.6 Å². The van der Waals surface area contributed by atoms with Gasteiger partial charge in [-0.3, -0.25) is 4.79 Å². The molecule has 0 spiro atoms. The second-order valence-corrected chi connectivity index (χ2v) is 6.82. The second kappa shape index (κ2) is 8.44. The Morgan fingerprint density at radius 3 is 2.71 bits per heavy atom. The Balaban J connectivity index is 1.69. The zero-order valence-electron chi connectivity index (χ0n) is 12.7. The molecule has 2 atom stereocenters. The van der Waals surface area contributed by atoms with E-state index in [-0.39, 0.29) is 18.1 Å². The molecule has 1 aromatic carbocycles. The minimum atomic E-state index is -0.345. The number of rotatable bonds is 6. The second-order valence-electron chi connectivity index (χ2n) is 5.71. The SMILES string of the molecule is CN(C(=O)CSCCc1ccccc1)C1CCCCC1O. The van der Waals surface area contributed by atoms with Crippen LogP contribution in [0.3, 0.4) is 0 Å². The summed E-state index contributed by atoms with van der Waals surface area (Å²) >= 11 is 1.68. The number of benzene rings is 1. The predicted molar refractivity (Wildman–Crippen MR) is 88.5 cm³/mol. The summed E-state index contributed by atoms with van der Waals surface area (Å²) < 4.78 is 0. The fourth-order valence-corrected chi connectivity index (χ4v) is 3.73. The van der Waals surface area contributed by atoms with Gasteiger partial charge in [-0.2, -0.15) is 11.8 Å². The monoisotopic (exact) mass is 307 g/mol. The number of hydrogen-bond donors (Lipinski definition) is 1. The summed E-state index contributed by atoms with van der Waals surface area (Å²) in [6.07, 6.45) is 4.59. The van der Waals surface area contributed by atoms with Crippen molar-refractivity contribution in [2.24, 2.45) is 0 Å². The minimum absolute atomic E-state index is 0.0148. The van der Waals surface area contributed by atoms with Gasteiger partial charge in [0.1, 0.15) is 0 Å². The van der Waals surface area contributed by atoms with Crippen LogP contribution in [-0.2, 0) is 11.2 Å². The lowest BCUT2D eigenvalue weighted by Crippen LogP contribution is -2.46. The van der Waals surface area contributed by atoms with Crippen molar-refractivity contribution < 1.29 is 9.90 Å². The van der Waals surface area contributed by atoms with E-state index < -0.39 is 0 Å². The van der Waals surface area contributed by atoms with Crippen LogP contribution in [0.4, 0.5) is 0 Å². The molecule has 1 saturated carbocycles.